The summed E-state index contributed by atoms with van der Waals surface area (Å²) in [5.74, 6) is 1.37. The van der Waals surface area contributed by atoms with Crippen LogP contribution < -0.4 is 0 Å². The molecule has 0 heterocycles. The normalized spacial score (nSPS) is 24.6. The van der Waals surface area contributed by atoms with E-state index in [4.69, 9.17) is 9.16 Å². The van der Waals surface area contributed by atoms with Gasteiger partial charge in [-0.25, -0.2) is 4.79 Å². The molecule has 220 valence electrons. The van der Waals surface area contributed by atoms with Crippen molar-refractivity contribution < 1.29 is 19.1 Å². The van der Waals surface area contributed by atoms with Crippen molar-refractivity contribution in [2.24, 2.45) is 35.5 Å². The van der Waals surface area contributed by atoms with Gasteiger partial charge in [0.15, 0.2) is 8.32 Å². The second kappa shape index (κ2) is 16.6. The number of methoxy groups -OCH3 is 1. The lowest BCUT2D eigenvalue weighted by Gasteiger charge is -2.40. The molecule has 0 aliphatic heterocycles. The highest BCUT2D eigenvalue weighted by Gasteiger charge is 2.38. The Hall–Kier alpha value is -0.603. The Labute approximate surface area is 249 Å². The van der Waals surface area contributed by atoms with Crippen LogP contribution in [-0.4, -0.2) is 32.6 Å². The Morgan fingerprint density at radius 3 is 2.11 bits per heavy atom. The summed E-state index contributed by atoms with van der Waals surface area (Å²) < 4.78 is 15.0. The third-order valence-corrected chi connectivity index (χ3v) is 14.9. The first-order valence-electron chi connectivity index (χ1n) is 14.9. The molecule has 0 spiro atoms. The van der Waals surface area contributed by atoms with Gasteiger partial charge in [-0.1, -0.05) is 96.1 Å². The highest BCUT2D eigenvalue weighted by atomic mass is 127. The molecule has 0 aromatic heterocycles. The monoisotopic (exact) mass is 660 g/mol. The van der Waals surface area contributed by atoms with Crippen molar-refractivity contribution in [2.45, 2.75) is 119 Å². The average molecular weight is 661 g/mol. The maximum atomic E-state index is 12.4. The Balaban J connectivity index is 3.65. The van der Waals surface area contributed by atoms with Gasteiger partial charge in [-0.3, -0.25) is 0 Å². The van der Waals surface area contributed by atoms with Crippen LogP contribution in [-0.2, 0) is 14.0 Å². The van der Waals surface area contributed by atoms with E-state index in [0.29, 0.717) is 23.7 Å². The van der Waals surface area contributed by atoms with Crippen LogP contribution in [0.1, 0.15) is 94.9 Å². The maximum absolute atomic E-state index is 12.4. The van der Waals surface area contributed by atoms with Crippen LogP contribution in [0.2, 0.25) is 18.1 Å². The summed E-state index contributed by atoms with van der Waals surface area (Å²) >= 11 is 2.34. The van der Waals surface area contributed by atoms with Gasteiger partial charge in [-0.2, -0.15) is 0 Å². The fourth-order valence-corrected chi connectivity index (χ4v) is 10.0. The summed E-state index contributed by atoms with van der Waals surface area (Å²) in [7, 11) is -0.333. The summed E-state index contributed by atoms with van der Waals surface area (Å²) in [5.41, 5.74) is 3.32. The SMILES string of the molecule is CC[Si](CC)(CC)O[C@H]([C@H](C)C=C(C)C(=C(OC)C(=O)O)[C@@H]1C[C@H](C)CC[C@H]1C(C)C)[C@@H](C)CC(C)=CI. The number of carboxylic acids is 1. The number of halogens is 1. The third-order valence-electron chi connectivity index (χ3n) is 9.20. The Morgan fingerprint density at radius 2 is 1.66 bits per heavy atom. The van der Waals surface area contributed by atoms with Gasteiger partial charge in [0.05, 0.1) is 13.2 Å². The minimum Gasteiger partial charge on any atom is -0.490 e. The van der Waals surface area contributed by atoms with Gasteiger partial charge in [-0.15, -0.1) is 0 Å². The van der Waals surface area contributed by atoms with Crippen LogP contribution in [0.3, 0.4) is 0 Å². The molecular weight excluding hydrogens is 603 g/mol. The largest absolute Gasteiger partial charge is 0.490 e. The van der Waals surface area contributed by atoms with Crippen molar-refractivity contribution in [1.82, 2.24) is 0 Å². The number of aliphatic carboxylic acids is 1. The number of carbonyl (C=O) groups is 1. The molecule has 38 heavy (non-hydrogen) atoms. The molecule has 6 atom stereocenters. The first kappa shape index (κ1) is 35.4. The van der Waals surface area contributed by atoms with Crippen molar-refractivity contribution in [1.29, 1.82) is 0 Å². The molecule has 0 aromatic rings. The van der Waals surface area contributed by atoms with Crippen LogP contribution in [0.5, 0.6) is 0 Å². The van der Waals surface area contributed by atoms with E-state index in [1.807, 2.05) is 0 Å². The number of hydrogen-bond donors (Lipinski definition) is 1. The summed E-state index contributed by atoms with van der Waals surface area (Å²) in [6.45, 7) is 22.6. The van der Waals surface area contributed by atoms with E-state index in [-0.39, 0.29) is 23.7 Å². The number of ether oxygens (including phenoxy) is 1. The summed E-state index contributed by atoms with van der Waals surface area (Å²) in [6, 6.07) is 3.36. The lowest BCUT2D eigenvalue weighted by atomic mass is 9.66. The molecule has 0 amide bonds. The molecule has 6 heteroatoms. The van der Waals surface area contributed by atoms with Crippen molar-refractivity contribution in [2.75, 3.05) is 7.11 Å². The second-order valence-electron chi connectivity index (χ2n) is 12.4. The fourth-order valence-electron chi connectivity index (χ4n) is 6.76. The minimum absolute atomic E-state index is 0.0889. The van der Waals surface area contributed by atoms with E-state index in [9.17, 15) is 9.90 Å². The molecule has 0 bridgehead atoms. The summed E-state index contributed by atoms with van der Waals surface area (Å²) in [6.07, 6.45) is 6.74. The molecule has 0 radical (unpaired) electrons. The average Bonchev–Trinajstić information content (AvgIpc) is 2.87. The number of carboxylic acid groups (broad SMARTS) is 1. The van der Waals surface area contributed by atoms with Gasteiger partial charge < -0.3 is 14.3 Å². The van der Waals surface area contributed by atoms with Gasteiger partial charge >= 0.3 is 5.97 Å². The van der Waals surface area contributed by atoms with Gasteiger partial charge in [0.2, 0.25) is 5.76 Å². The topological polar surface area (TPSA) is 55.8 Å². The lowest BCUT2D eigenvalue weighted by molar-refractivity contribution is -0.136. The Morgan fingerprint density at radius 1 is 1.08 bits per heavy atom. The van der Waals surface area contributed by atoms with E-state index < -0.39 is 14.3 Å². The zero-order valence-electron chi connectivity index (χ0n) is 26.2. The highest BCUT2D eigenvalue weighted by molar-refractivity contribution is 14.1. The van der Waals surface area contributed by atoms with Crippen LogP contribution in [0.15, 0.2) is 32.6 Å². The van der Waals surface area contributed by atoms with E-state index in [2.05, 4.69) is 102 Å². The molecule has 0 unspecified atom stereocenters. The quantitative estimate of drug-likeness (QED) is 0.0625. The van der Waals surface area contributed by atoms with Gasteiger partial charge in [0, 0.05) is 5.57 Å². The number of rotatable bonds is 15. The molecule has 0 saturated heterocycles. The molecule has 1 saturated carbocycles. The van der Waals surface area contributed by atoms with Gasteiger partial charge in [0.25, 0.3) is 0 Å². The zero-order chi connectivity index (χ0) is 29.2. The number of hydrogen-bond acceptors (Lipinski definition) is 3. The van der Waals surface area contributed by atoms with E-state index in [1.54, 1.807) is 0 Å². The molecule has 1 aliphatic rings. The summed E-state index contributed by atoms with van der Waals surface area (Å²) in [4.78, 5) is 12.4. The van der Waals surface area contributed by atoms with Gasteiger partial charge in [0.1, 0.15) is 0 Å². The van der Waals surface area contributed by atoms with Crippen molar-refractivity contribution in [3.63, 3.8) is 0 Å². The fraction of sp³-hybridized carbons (Fsp3) is 0.781. The van der Waals surface area contributed by atoms with Crippen molar-refractivity contribution in [3.05, 3.63) is 32.6 Å². The zero-order valence-corrected chi connectivity index (χ0v) is 29.4. The highest BCUT2D eigenvalue weighted by Crippen LogP contribution is 2.45. The molecular formula is C32H57IO4Si. The van der Waals surface area contributed by atoms with Crippen LogP contribution in [0.25, 0.3) is 0 Å². The molecule has 1 aliphatic carbocycles. The van der Waals surface area contributed by atoms with Crippen molar-refractivity contribution in [3.8, 4) is 0 Å². The standard InChI is InChI=1S/C32H57IO4Si/c1-12-38(13-2,14-3)37-30(25(9)17-23(7)20-33)26(10)19-24(8)29(31(36-11)32(34)35)28-18-22(6)15-16-27(28)21(4)5/h19-22,25-28,30H,12-18H2,1-11H3,(H,34,35)/t22-,25+,26-,27+,28-,30+/m1/s1. The molecule has 4 nitrogen and oxygen atoms in total. The van der Waals surface area contributed by atoms with E-state index >= 15 is 0 Å². The van der Waals surface area contributed by atoms with Gasteiger partial charge in [-0.05, 0) is 96.4 Å². The minimum atomic E-state index is -1.84. The predicted molar refractivity (Wildman–Crippen MR) is 173 cm³/mol. The van der Waals surface area contributed by atoms with E-state index in [1.165, 1.54) is 19.1 Å². The summed E-state index contributed by atoms with van der Waals surface area (Å²) in [5, 5.41) is 10.2. The Kier molecular flexibility index (Phi) is 15.5. The molecule has 1 N–H and O–H groups in total. The third kappa shape index (κ3) is 9.50. The number of allylic oxidation sites excluding steroid dienone is 3. The van der Waals surface area contributed by atoms with Crippen LogP contribution in [0, 0.1) is 35.5 Å². The molecule has 1 fully saturated rings. The Bertz CT molecular complexity index is 834. The second-order valence-corrected chi connectivity index (χ2v) is 17.7. The predicted octanol–water partition coefficient (Wildman–Crippen LogP) is 10.0. The first-order chi connectivity index (χ1) is 17.8. The first-order valence-corrected chi connectivity index (χ1v) is 18.7. The molecule has 1 rings (SSSR count). The van der Waals surface area contributed by atoms with Crippen LogP contribution in [0.4, 0.5) is 0 Å². The maximum Gasteiger partial charge on any atom is 0.371 e. The van der Waals surface area contributed by atoms with Crippen molar-refractivity contribution >= 4 is 36.9 Å². The van der Waals surface area contributed by atoms with E-state index in [0.717, 1.165) is 48.5 Å². The van der Waals surface area contributed by atoms with Crippen LogP contribution >= 0.6 is 22.6 Å². The molecule has 0 aromatic carbocycles. The lowest BCUT2D eigenvalue weighted by Crippen LogP contribution is -2.44. The smallest absolute Gasteiger partial charge is 0.371 e.